The van der Waals surface area contributed by atoms with Crippen molar-refractivity contribution in [3.63, 3.8) is 0 Å². The highest BCUT2D eigenvalue weighted by molar-refractivity contribution is 7.13. The Morgan fingerprint density at radius 1 is 1.38 bits per heavy atom. The molecule has 3 aromatic heterocycles. The molecule has 0 saturated carbocycles. The van der Waals surface area contributed by atoms with Crippen LogP contribution in [0.25, 0.3) is 10.7 Å². The molecule has 0 N–H and O–H groups in total. The van der Waals surface area contributed by atoms with Gasteiger partial charge < -0.3 is 9.26 Å². The lowest BCUT2D eigenvalue weighted by atomic mass is 9.92. The van der Waals surface area contributed by atoms with Gasteiger partial charge in [-0.1, -0.05) is 5.16 Å². The quantitative estimate of drug-likeness (QED) is 0.719. The molecule has 0 aliphatic carbocycles. The van der Waals surface area contributed by atoms with Crippen LogP contribution in [0.3, 0.4) is 0 Å². The Labute approximate surface area is 143 Å². The molecule has 4 rings (SSSR count). The fourth-order valence-electron chi connectivity index (χ4n) is 3.12. The SMILES string of the molecule is CC(C)n1nccc1[C@@H]1OCCC[C@H]1c1nc(-c2cncs2)no1. The van der Waals surface area contributed by atoms with Gasteiger partial charge in [-0.15, -0.1) is 11.3 Å². The minimum Gasteiger partial charge on any atom is -0.371 e. The van der Waals surface area contributed by atoms with Crippen LogP contribution in [0.4, 0.5) is 0 Å². The van der Waals surface area contributed by atoms with Gasteiger partial charge in [-0.05, 0) is 32.8 Å². The third-order valence-electron chi connectivity index (χ3n) is 4.22. The average Bonchev–Trinajstić information content (AvgIpc) is 3.33. The zero-order valence-electron chi connectivity index (χ0n) is 13.6. The van der Waals surface area contributed by atoms with Gasteiger partial charge in [0.2, 0.25) is 11.7 Å². The van der Waals surface area contributed by atoms with E-state index in [0.717, 1.165) is 30.0 Å². The van der Waals surface area contributed by atoms with E-state index in [2.05, 4.69) is 34.1 Å². The van der Waals surface area contributed by atoms with E-state index in [0.29, 0.717) is 11.7 Å². The van der Waals surface area contributed by atoms with Crippen LogP contribution in [-0.2, 0) is 4.74 Å². The second-order valence-electron chi connectivity index (χ2n) is 6.16. The first-order valence-electron chi connectivity index (χ1n) is 8.11. The van der Waals surface area contributed by atoms with Crippen molar-refractivity contribution in [3.8, 4) is 10.7 Å². The second kappa shape index (κ2) is 6.45. The molecule has 1 aliphatic rings. The van der Waals surface area contributed by atoms with Crippen molar-refractivity contribution in [2.75, 3.05) is 6.61 Å². The first-order valence-corrected chi connectivity index (χ1v) is 8.99. The van der Waals surface area contributed by atoms with Gasteiger partial charge in [0.15, 0.2) is 0 Å². The highest BCUT2D eigenvalue weighted by Gasteiger charge is 2.35. The molecule has 0 aromatic carbocycles. The van der Waals surface area contributed by atoms with E-state index < -0.39 is 0 Å². The maximum Gasteiger partial charge on any atom is 0.233 e. The second-order valence-corrected chi connectivity index (χ2v) is 7.04. The van der Waals surface area contributed by atoms with Gasteiger partial charge in [-0.2, -0.15) is 10.1 Å². The van der Waals surface area contributed by atoms with Gasteiger partial charge in [0.1, 0.15) is 6.10 Å². The fraction of sp³-hybridized carbons (Fsp3) is 0.500. The van der Waals surface area contributed by atoms with Crippen LogP contribution in [0.15, 0.2) is 28.5 Å². The number of hydrogen-bond donors (Lipinski definition) is 0. The molecule has 0 radical (unpaired) electrons. The van der Waals surface area contributed by atoms with Crippen molar-refractivity contribution in [2.24, 2.45) is 0 Å². The van der Waals surface area contributed by atoms with Crippen LogP contribution >= 0.6 is 11.3 Å². The molecule has 1 fully saturated rings. The molecule has 126 valence electrons. The summed E-state index contributed by atoms with van der Waals surface area (Å²) in [4.78, 5) is 9.57. The summed E-state index contributed by atoms with van der Waals surface area (Å²) in [7, 11) is 0. The number of hydrogen-bond acceptors (Lipinski definition) is 7. The first kappa shape index (κ1) is 15.5. The molecule has 8 heteroatoms. The van der Waals surface area contributed by atoms with Crippen LogP contribution in [0.5, 0.6) is 0 Å². The van der Waals surface area contributed by atoms with Gasteiger partial charge in [0, 0.05) is 25.0 Å². The number of nitrogens with zero attached hydrogens (tertiary/aromatic N) is 5. The van der Waals surface area contributed by atoms with Gasteiger partial charge >= 0.3 is 0 Å². The van der Waals surface area contributed by atoms with Crippen molar-refractivity contribution in [2.45, 2.75) is 44.8 Å². The van der Waals surface area contributed by atoms with E-state index in [-0.39, 0.29) is 18.1 Å². The smallest absolute Gasteiger partial charge is 0.233 e. The Hall–Kier alpha value is -2.06. The lowest BCUT2D eigenvalue weighted by Gasteiger charge is -2.30. The minimum absolute atomic E-state index is 0.0436. The number of ether oxygens (including phenoxy) is 1. The van der Waals surface area contributed by atoms with E-state index in [1.165, 1.54) is 11.3 Å². The molecule has 0 unspecified atom stereocenters. The Morgan fingerprint density at radius 3 is 3.08 bits per heavy atom. The Bertz CT molecular complexity index is 795. The summed E-state index contributed by atoms with van der Waals surface area (Å²) in [5.74, 6) is 1.26. The standard InChI is InChI=1S/C16H19N5O2S/c1-10(2)21-12(5-6-18-21)14-11(4-3-7-22-14)16-19-15(20-23-16)13-8-17-9-24-13/h5-6,8-11,14H,3-4,7H2,1-2H3/t11-,14-/m1/s1. The molecule has 0 spiro atoms. The molecule has 2 atom stereocenters. The molecule has 1 aliphatic heterocycles. The molecular weight excluding hydrogens is 326 g/mol. The van der Waals surface area contributed by atoms with Gasteiger partial charge in [0.25, 0.3) is 0 Å². The number of rotatable bonds is 4. The number of thiazole rings is 1. The fourth-order valence-corrected chi connectivity index (χ4v) is 3.66. The van der Waals surface area contributed by atoms with E-state index in [9.17, 15) is 0 Å². The van der Waals surface area contributed by atoms with Crippen molar-refractivity contribution in [1.29, 1.82) is 0 Å². The zero-order valence-corrected chi connectivity index (χ0v) is 14.4. The zero-order chi connectivity index (χ0) is 16.5. The van der Waals surface area contributed by atoms with Crippen LogP contribution < -0.4 is 0 Å². The van der Waals surface area contributed by atoms with Crippen molar-refractivity contribution in [3.05, 3.63) is 35.6 Å². The predicted molar refractivity (Wildman–Crippen MR) is 88.7 cm³/mol. The summed E-state index contributed by atoms with van der Waals surface area (Å²) < 4.78 is 13.6. The summed E-state index contributed by atoms with van der Waals surface area (Å²) in [5, 5.41) is 8.54. The molecule has 0 bridgehead atoms. The summed E-state index contributed by atoms with van der Waals surface area (Å²) in [6, 6.07) is 2.29. The molecule has 1 saturated heterocycles. The van der Waals surface area contributed by atoms with Gasteiger partial charge in [-0.25, -0.2) is 0 Å². The summed E-state index contributed by atoms with van der Waals surface area (Å²) in [5.41, 5.74) is 2.83. The predicted octanol–water partition coefficient (Wildman–Crippen LogP) is 3.61. The van der Waals surface area contributed by atoms with Crippen LogP contribution in [0.1, 0.15) is 56.3 Å². The first-order chi connectivity index (χ1) is 11.7. The van der Waals surface area contributed by atoms with Crippen molar-refractivity contribution in [1.82, 2.24) is 24.9 Å². The van der Waals surface area contributed by atoms with Crippen molar-refractivity contribution < 1.29 is 9.26 Å². The Balaban J connectivity index is 1.66. The molecule has 24 heavy (non-hydrogen) atoms. The van der Waals surface area contributed by atoms with Crippen LogP contribution in [0, 0.1) is 0 Å². The third kappa shape index (κ3) is 2.76. The summed E-state index contributed by atoms with van der Waals surface area (Å²) in [6.07, 6.45) is 5.40. The van der Waals surface area contributed by atoms with E-state index in [1.807, 2.05) is 16.9 Å². The van der Waals surface area contributed by atoms with Crippen LogP contribution in [0.2, 0.25) is 0 Å². The topological polar surface area (TPSA) is 78.9 Å². The number of aromatic nitrogens is 5. The van der Waals surface area contributed by atoms with Crippen molar-refractivity contribution >= 4 is 11.3 Å². The lowest BCUT2D eigenvalue weighted by molar-refractivity contribution is -0.0159. The normalized spacial score (nSPS) is 21.5. The monoisotopic (exact) mass is 345 g/mol. The highest BCUT2D eigenvalue weighted by Crippen LogP contribution is 2.41. The minimum atomic E-state index is -0.113. The summed E-state index contributed by atoms with van der Waals surface area (Å²) >= 11 is 1.50. The summed E-state index contributed by atoms with van der Waals surface area (Å²) in [6.45, 7) is 4.96. The lowest BCUT2D eigenvalue weighted by Crippen LogP contribution is -2.24. The van der Waals surface area contributed by atoms with Crippen LogP contribution in [-0.4, -0.2) is 31.5 Å². The van der Waals surface area contributed by atoms with Gasteiger partial charge in [-0.3, -0.25) is 9.67 Å². The maximum absolute atomic E-state index is 6.08. The van der Waals surface area contributed by atoms with Gasteiger partial charge in [0.05, 0.1) is 22.0 Å². The third-order valence-corrected chi connectivity index (χ3v) is 4.98. The largest absolute Gasteiger partial charge is 0.371 e. The van der Waals surface area contributed by atoms with E-state index in [4.69, 9.17) is 9.26 Å². The molecule has 0 amide bonds. The Kier molecular flexibility index (Phi) is 4.15. The highest BCUT2D eigenvalue weighted by atomic mass is 32.1. The molecule has 3 aromatic rings. The Morgan fingerprint density at radius 2 is 2.29 bits per heavy atom. The molecular formula is C16H19N5O2S. The van der Waals surface area contributed by atoms with E-state index in [1.54, 1.807) is 11.7 Å². The maximum atomic E-state index is 6.08. The van der Waals surface area contributed by atoms with E-state index >= 15 is 0 Å². The average molecular weight is 345 g/mol. The molecule has 7 nitrogen and oxygen atoms in total. The molecule has 4 heterocycles.